The molecule has 0 amide bonds. The molecule has 0 spiro atoms. The Hall–Kier alpha value is -1.30. The smallest absolute Gasteiger partial charge is 0.161 e. The van der Waals surface area contributed by atoms with Crippen LogP contribution in [-0.4, -0.2) is 77.0 Å². The molecule has 130 valence electrons. The van der Waals surface area contributed by atoms with Crippen LogP contribution in [0, 0.1) is 0 Å². The summed E-state index contributed by atoms with van der Waals surface area (Å²) in [5.41, 5.74) is 1.30. The molecule has 0 radical (unpaired) electrons. The average molecular weight is 322 g/mol. The van der Waals surface area contributed by atoms with E-state index in [1.807, 2.05) is 6.07 Å². The van der Waals surface area contributed by atoms with Crippen molar-refractivity contribution in [2.24, 2.45) is 0 Å². The quantitative estimate of drug-likeness (QED) is 0.649. The van der Waals surface area contributed by atoms with Gasteiger partial charge in [0.2, 0.25) is 0 Å². The zero-order chi connectivity index (χ0) is 16.5. The third-order valence-corrected chi connectivity index (χ3v) is 4.31. The highest BCUT2D eigenvalue weighted by molar-refractivity contribution is 5.43. The first kappa shape index (κ1) is 18.0. The second-order valence-corrected chi connectivity index (χ2v) is 6.07. The van der Waals surface area contributed by atoms with E-state index >= 15 is 0 Å². The topological polar surface area (TPSA) is 34.2 Å². The van der Waals surface area contributed by atoms with Gasteiger partial charge in [-0.05, 0) is 44.1 Å². The standard InChI is InChI=1S/C18H30N2O3/c1-19-9-11-20(12-10-19)8-4-5-16-6-7-17(18(15-16)22-3)23-14-13-21-2/h6-7,15H,4-5,8-14H2,1-3H3. The van der Waals surface area contributed by atoms with Gasteiger partial charge < -0.3 is 24.0 Å². The normalized spacial score (nSPS) is 16.5. The summed E-state index contributed by atoms with van der Waals surface area (Å²) >= 11 is 0. The van der Waals surface area contributed by atoms with Crippen LogP contribution in [-0.2, 0) is 11.2 Å². The number of ether oxygens (including phenoxy) is 3. The molecule has 5 heteroatoms. The van der Waals surface area contributed by atoms with Crippen molar-refractivity contribution in [1.29, 1.82) is 0 Å². The van der Waals surface area contributed by atoms with Gasteiger partial charge in [-0.15, -0.1) is 0 Å². The van der Waals surface area contributed by atoms with Crippen LogP contribution in [0.3, 0.4) is 0 Å². The summed E-state index contributed by atoms with van der Waals surface area (Å²) in [6.07, 6.45) is 2.25. The van der Waals surface area contributed by atoms with Gasteiger partial charge in [-0.1, -0.05) is 6.07 Å². The average Bonchev–Trinajstić information content (AvgIpc) is 2.58. The molecule has 1 aliphatic heterocycles. The van der Waals surface area contributed by atoms with E-state index in [2.05, 4.69) is 29.0 Å². The Labute approximate surface area is 140 Å². The summed E-state index contributed by atoms with van der Waals surface area (Å²) in [6.45, 7) is 7.02. The Balaban J connectivity index is 1.78. The van der Waals surface area contributed by atoms with Crippen LogP contribution in [0.25, 0.3) is 0 Å². The van der Waals surface area contributed by atoms with E-state index in [-0.39, 0.29) is 0 Å². The zero-order valence-electron chi connectivity index (χ0n) is 14.7. The summed E-state index contributed by atoms with van der Waals surface area (Å²) in [7, 11) is 5.55. The maximum atomic E-state index is 5.67. The van der Waals surface area contributed by atoms with Crippen molar-refractivity contribution < 1.29 is 14.2 Å². The zero-order valence-corrected chi connectivity index (χ0v) is 14.7. The fourth-order valence-electron chi connectivity index (χ4n) is 2.80. The number of likely N-dealkylation sites (N-methyl/N-ethyl adjacent to an activating group) is 1. The highest BCUT2D eigenvalue weighted by Gasteiger charge is 2.13. The SMILES string of the molecule is COCCOc1ccc(CCCN2CCN(C)CC2)cc1OC. The second kappa shape index (κ2) is 9.75. The van der Waals surface area contributed by atoms with E-state index in [0.29, 0.717) is 13.2 Å². The van der Waals surface area contributed by atoms with Gasteiger partial charge in [0, 0.05) is 33.3 Å². The summed E-state index contributed by atoms with van der Waals surface area (Å²) in [6, 6.07) is 6.22. The van der Waals surface area contributed by atoms with Gasteiger partial charge in [0.25, 0.3) is 0 Å². The molecule has 5 nitrogen and oxygen atoms in total. The molecule has 1 saturated heterocycles. The van der Waals surface area contributed by atoms with Crippen LogP contribution in [0.15, 0.2) is 18.2 Å². The van der Waals surface area contributed by atoms with Crippen molar-refractivity contribution in [3.8, 4) is 11.5 Å². The van der Waals surface area contributed by atoms with Gasteiger partial charge in [0.15, 0.2) is 11.5 Å². The molecule has 0 bridgehead atoms. The number of aryl methyl sites for hydroxylation is 1. The van der Waals surface area contributed by atoms with Crippen LogP contribution in [0.1, 0.15) is 12.0 Å². The van der Waals surface area contributed by atoms with Crippen molar-refractivity contribution in [3.63, 3.8) is 0 Å². The fourth-order valence-corrected chi connectivity index (χ4v) is 2.80. The summed E-state index contributed by atoms with van der Waals surface area (Å²) < 4.78 is 16.1. The van der Waals surface area contributed by atoms with E-state index in [9.17, 15) is 0 Å². The lowest BCUT2D eigenvalue weighted by Gasteiger charge is -2.32. The van der Waals surface area contributed by atoms with Crippen LogP contribution in [0.4, 0.5) is 0 Å². The lowest BCUT2D eigenvalue weighted by atomic mass is 10.1. The molecule has 2 rings (SSSR count). The van der Waals surface area contributed by atoms with Gasteiger partial charge in [-0.25, -0.2) is 0 Å². The maximum Gasteiger partial charge on any atom is 0.161 e. The molecule has 1 aromatic carbocycles. The first-order chi connectivity index (χ1) is 11.2. The van der Waals surface area contributed by atoms with Gasteiger partial charge >= 0.3 is 0 Å². The third-order valence-electron chi connectivity index (χ3n) is 4.31. The Morgan fingerprint density at radius 3 is 2.48 bits per heavy atom. The van der Waals surface area contributed by atoms with Crippen molar-refractivity contribution in [3.05, 3.63) is 23.8 Å². The molecule has 23 heavy (non-hydrogen) atoms. The molecule has 1 heterocycles. The van der Waals surface area contributed by atoms with E-state index in [4.69, 9.17) is 14.2 Å². The van der Waals surface area contributed by atoms with E-state index in [1.54, 1.807) is 14.2 Å². The van der Waals surface area contributed by atoms with E-state index in [1.165, 1.54) is 44.7 Å². The Morgan fingerprint density at radius 2 is 1.78 bits per heavy atom. The molecular weight excluding hydrogens is 292 g/mol. The van der Waals surface area contributed by atoms with Crippen LogP contribution < -0.4 is 9.47 Å². The minimum Gasteiger partial charge on any atom is -0.493 e. The van der Waals surface area contributed by atoms with Crippen molar-refractivity contribution in [2.45, 2.75) is 12.8 Å². The fraction of sp³-hybridized carbons (Fsp3) is 0.667. The van der Waals surface area contributed by atoms with E-state index in [0.717, 1.165) is 17.9 Å². The number of benzene rings is 1. The van der Waals surface area contributed by atoms with Gasteiger partial charge in [-0.2, -0.15) is 0 Å². The monoisotopic (exact) mass is 322 g/mol. The third kappa shape index (κ3) is 6.01. The number of hydrogen-bond acceptors (Lipinski definition) is 5. The molecule has 1 aliphatic rings. The first-order valence-electron chi connectivity index (χ1n) is 8.42. The summed E-state index contributed by atoms with van der Waals surface area (Å²) in [4.78, 5) is 4.95. The molecule has 0 N–H and O–H groups in total. The minimum atomic E-state index is 0.537. The lowest BCUT2D eigenvalue weighted by molar-refractivity contribution is 0.144. The van der Waals surface area contributed by atoms with Gasteiger partial charge in [-0.3, -0.25) is 0 Å². The van der Waals surface area contributed by atoms with Gasteiger partial charge in [0.05, 0.1) is 13.7 Å². The number of methoxy groups -OCH3 is 2. The van der Waals surface area contributed by atoms with Crippen LogP contribution >= 0.6 is 0 Å². The number of nitrogens with zero attached hydrogens (tertiary/aromatic N) is 2. The highest BCUT2D eigenvalue weighted by atomic mass is 16.5. The molecular formula is C18H30N2O3. The van der Waals surface area contributed by atoms with E-state index < -0.39 is 0 Å². The molecule has 0 atom stereocenters. The molecule has 0 aromatic heterocycles. The number of rotatable bonds is 9. The Morgan fingerprint density at radius 1 is 1.00 bits per heavy atom. The second-order valence-electron chi connectivity index (χ2n) is 6.07. The van der Waals surface area contributed by atoms with Crippen molar-refractivity contribution in [1.82, 2.24) is 9.80 Å². The molecule has 1 aromatic rings. The first-order valence-corrected chi connectivity index (χ1v) is 8.42. The Bertz CT molecular complexity index is 460. The number of hydrogen-bond donors (Lipinski definition) is 0. The van der Waals surface area contributed by atoms with Crippen LogP contribution in [0.5, 0.6) is 11.5 Å². The predicted molar refractivity (Wildman–Crippen MR) is 92.6 cm³/mol. The lowest BCUT2D eigenvalue weighted by Crippen LogP contribution is -2.44. The Kier molecular flexibility index (Phi) is 7.65. The van der Waals surface area contributed by atoms with Crippen molar-refractivity contribution >= 4 is 0 Å². The minimum absolute atomic E-state index is 0.537. The maximum absolute atomic E-state index is 5.67. The predicted octanol–water partition coefficient (Wildman–Crippen LogP) is 1.90. The highest BCUT2D eigenvalue weighted by Crippen LogP contribution is 2.28. The largest absolute Gasteiger partial charge is 0.493 e. The number of piperazine rings is 1. The van der Waals surface area contributed by atoms with Crippen LogP contribution in [0.2, 0.25) is 0 Å². The summed E-state index contributed by atoms with van der Waals surface area (Å²) in [5, 5.41) is 0. The summed E-state index contributed by atoms with van der Waals surface area (Å²) in [5.74, 6) is 1.59. The molecule has 0 saturated carbocycles. The molecule has 0 aliphatic carbocycles. The molecule has 0 unspecified atom stereocenters. The molecule has 1 fully saturated rings. The van der Waals surface area contributed by atoms with Gasteiger partial charge in [0.1, 0.15) is 6.61 Å². The van der Waals surface area contributed by atoms with Crippen molar-refractivity contribution in [2.75, 3.05) is 67.2 Å².